The summed E-state index contributed by atoms with van der Waals surface area (Å²) in [7, 11) is 0. The number of rotatable bonds is 6. The lowest BCUT2D eigenvalue weighted by Gasteiger charge is -2.26. The van der Waals surface area contributed by atoms with Crippen LogP contribution in [0.2, 0.25) is 0 Å². The van der Waals surface area contributed by atoms with Crippen molar-refractivity contribution < 1.29 is 24.6 Å². The molecule has 1 fully saturated rings. The number of hydrogen-bond donors (Lipinski definition) is 4. The van der Waals surface area contributed by atoms with E-state index in [-0.39, 0.29) is 25.0 Å². The summed E-state index contributed by atoms with van der Waals surface area (Å²) < 4.78 is 0. The predicted octanol–water partition coefficient (Wildman–Crippen LogP) is -1.64. The van der Waals surface area contributed by atoms with Crippen molar-refractivity contribution in [2.24, 2.45) is 0 Å². The fraction of sp³-hybridized carbons (Fsp3) is 0.786. The van der Waals surface area contributed by atoms with Gasteiger partial charge < -0.3 is 25.7 Å². The van der Waals surface area contributed by atoms with Crippen molar-refractivity contribution in [2.75, 3.05) is 13.1 Å². The molecule has 0 aromatic carbocycles. The van der Waals surface area contributed by atoms with Crippen LogP contribution in [0.5, 0.6) is 0 Å². The molecule has 3 amide bonds. The van der Waals surface area contributed by atoms with E-state index in [0.29, 0.717) is 0 Å². The summed E-state index contributed by atoms with van der Waals surface area (Å²) in [5.74, 6) is -1.39. The van der Waals surface area contributed by atoms with Gasteiger partial charge in [-0.2, -0.15) is 0 Å². The molecule has 2 unspecified atom stereocenters. The lowest BCUT2D eigenvalue weighted by atomic mass is 10.1. The molecule has 0 aliphatic carbocycles. The van der Waals surface area contributed by atoms with E-state index in [1.54, 1.807) is 0 Å². The third-order valence-corrected chi connectivity index (χ3v) is 3.63. The van der Waals surface area contributed by atoms with E-state index in [4.69, 9.17) is 0 Å². The Hall–Kier alpha value is -1.67. The SMILES string of the molecule is CCCC(C)NC(=O)C1[C@H](O)[C@@H](O)CN1C(=O)CNC(C)=O. The topological polar surface area (TPSA) is 119 Å². The Labute approximate surface area is 129 Å². The second-order valence-corrected chi connectivity index (χ2v) is 5.66. The van der Waals surface area contributed by atoms with Gasteiger partial charge in [0.05, 0.1) is 19.2 Å². The van der Waals surface area contributed by atoms with Crippen molar-refractivity contribution in [3.05, 3.63) is 0 Å². The monoisotopic (exact) mass is 315 g/mol. The number of likely N-dealkylation sites (tertiary alicyclic amines) is 1. The van der Waals surface area contributed by atoms with Crippen LogP contribution in [-0.4, -0.2) is 70.2 Å². The Balaban J connectivity index is 2.76. The van der Waals surface area contributed by atoms with E-state index < -0.39 is 30.1 Å². The molecule has 1 rings (SSSR count). The number of hydrogen-bond acceptors (Lipinski definition) is 5. The second kappa shape index (κ2) is 8.09. The highest BCUT2D eigenvalue weighted by molar-refractivity contribution is 5.91. The van der Waals surface area contributed by atoms with Gasteiger partial charge in [-0.05, 0) is 13.3 Å². The predicted molar refractivity (Wildman–Crippen MR) is 78.7 cm³/mol. The molecule has 8 nitrogen and oxygen atoms in total. The van der Waals surface area contributed by atoms with Gasteiger partial charge >= 0.3 is 0 Å². The van der Waals surface area contributed by atoms with Gasteiger partial charge in [0.25, 0.3) is 0 Å². The fourth-order valence-corrected chi connectivity index (χ4v) is 2.51. The fourth-order valence-electron chi connectivity index (χ4n) is 2.51. The number of nitrogens with one attached hydrogen (secondary N) is 2. The van der Waals surface area contributed by atoms with Crippen molar-refractivity contribution in [3.63, 3.8) is 0 Å². The minimum Gasteiger partial charge on any atom is -0.388 e. The maximum atomic E-state index is 12.3. The minimum absolute atomic E-state index is 0.0882. The highest BCUT2D eigenvalue weighted by Crippen LogP contribution is 2.19. The van der Waals surface area contributed by atoms with Crippen LogP contribution in [0.1, 0.15) is 33.6 Å². The molecular weight excluding hydrogens is 290 g/mol. The van der Waals surface area contributed by atoms with E-state index in [0.717, 1.165) is 17.7 Å². The van der Waals surface area contributed by atoms with Crippen molar-refractivity contribution >= 4 is 17.7 Å². The number of nitrogens with zero attached hydrogens (tertiary/aromatic N) is 1. The molecule has 126 valence electrons. The van der Waals surface area contributed by atoms with Crippen LogP contribution in [0.15, 0.2) is 0 Å². The summed E-state index contributed by atoms with van der Waals surface area (Å²) in [4.78, 5) is 36.3. The summed E-state index contributed by atoms with van der Waals surface area (Å²) in [6.45, 7) is 4.68. The number of β-amino-alcohol motifs (C(OH)–C–C–N with tert-alkyl or cyclic N) is 1. The second-order valence-electron chi connectivity index (χ2n) is 5.66. The molecule has 1 heterocycles. The first kappa shape index (κ1) is 18.4. The van der Waals surface area contributed by atoms with Gasteiger partial charge in [-0.25, -0.2) is 0 Å². The molecular formula is C14H25N3O5. The summed E-state index contributed by atoms with van der Waals surface area (Å²) in [5, 5.41) is 24.8. The Kier molecular flexibility index (Phi) is 6.76. The first-order chi connectivity index (χ1) is 10.3. The average Bonchev–Trinajstić information content (AvgIpc) is 2.72. The van der Waals surface area contributed by atoms with E-state index >= 15 is 0 Å². The van der Waals surface area contributed by atoms with Crippen LogP contribution in [0.3, 0.4) is 0 Å². The third kappa shape index (κ3) is 4.67. The summed E-state index contributed by atoms with van der Waals surface area (Å²) in [6, 6.07) is -1.23. The van der Waals surface area contributed by atoms with Crippen LogP contribution < -0.4 is 10.6 Å². The van der Waals surface area contributed by atoms with Crippen LogP contribution in [0.4, 0.5) is 0 Å². The largest absolute Gasteiger partial charge is 0.388 e. The zero-order valence-corrected chi connectivity index (χ0v) is 13.2. The molecule has 8 heteroatoms. The molecule has 0 aromatic rings. The molecule has 0 bridgehead atoms. The van der Waals surface area contributed by atoms with Crippen molar-refractivity contribution in [1.29, 1.82) is 0 Å². The lowest BCUT2D eigenvalue weighted by molar-refractivity contribution is -0.140. The first-order valence-corrected chi connectivity index (χ1v) is 7.48. The zero-order valence-electron chi connectivity index (χ0n) is 13.2. The summed E-state index contributed by atoms with van der Waals surface area (Å²) >= 11 is 0. The van der Waals surface area contributed by atoms with E-state index in [9.17, 15) is 24.6 Å². The van der Waals surface area contributed by atoms with Crippen LogP contribution in [0.25, 0.3) is 0 Å². The van der Waals surface area contributed by atoms with E-state index in [1.807, 2.05) is 13.8 Å². The highest BCUT2D eigenvalue weighted by atomic mass is 16.3. The molecule has 0 radical (unpaired) electrons. The van der Waals surface area contributed by atoms with Crippen molar-refractivity contribution in [2.45, 2.75) is 57.9 Å². The van der Waals surface area contributed by atoms with Crippen molar-refractivity contribution in [1.82, 2.24) is 15.5 Å². The molecule has 0 saturated carbocycles. The normalized spacial score (nSPS) is 25.7. The van der Waals surface area contributed by atoms with Gasteiger partial charge in [-0.15, -0.1) is 0 Å². The zero-order chi connectivity index (χ0) is 16.9. The van der Waals surface area contributed by atoms with Crippen LogP contribution in [-0.2, 0) is 14.4 Å². The smallest absolute Gasteiger partial charge is 0.245 e. The maximum absolute atomic E-state index is 12.3. The number of carbonyl (C=O) groups excluding carboxylic acids is 3. The molecule has 0 aromatic heterocycles. The number of carbonyl (C=O) groups is 3. The molecule has 1 saturated heterocycles. The van der Waals surface area contributed by atoms with E-state index in [2.05, 4.69) is 10.6 Å². The van der Waals surface area contributed by atoms with Crippen LogP contribution in [0, 0.1) is 0 Å². The molecule has 1 aliphatic heterocycles. The van der Waals surface area contributed by atoms with Crippen LogP contribution >= 0.6 is 0 Å². The Morgan fingerprint density at radius 2 is 1.95 bits per heavy atom. The van der Waals surface area contributed by atoms with Gasteiger partial charge in [0.1, 0.15) is 12.1 Å². The van der Waals surface area contributed by atoms with Crippen molar-refractivity contribution in [3.8, 4) is 0 Å². The highest BCUT2D eigenvalue weighted by Gasteiger charge is 2.46. The maximum Gasteiger partial charge on any atom is 0.245 e. The Morgan fingerprint density at radius 3 is 2.50 bits per heavy atom. The third-order valence-electron chi connectivity index (χ3n) is 3.63. The molecule has 1 aliphatic rings. The van der Waals surface area contributed by atoms with Gasteiger partial charge in [0, 0.05) is 13.0 Å². The van der Waals surface area contributed by atoms with Gasteiger partial charge in [0.15, 0.2) is 0 Å². The molecule has 4 N–H and O–H groups in total. The Bertz CT molecular complexity index is 429. The number of aliphatic hydroxyl groups is 2. The standard InChI is InChI=1S/C14H25N3O5/c1-4-5-8(2)16-14(22)12-13(21)10(19)7-17(12)11(20)6-15-9(3)18/h8,10,12-13,19,21H,4-7H2,1-3H3,(H,15,18)(H,16,22)/t8?,10-,12?,13+/m0/s1. The molecule has 4 atom stereocenters. The quantitative estimate of drug-likeness (QED) is 0.469. The van der Waals surface area contributed by atoms with Gasteiger partial charge in [-0.1, -0.05) is 13.3 Å². The first-order valence-electron chi connectivity index (χ1n) is 7.48. The number of amides is 3. The molecule has 0 spiro atoms. The average molecular weight is 315 g/mol. The number of aliphatic hydroxyl groups excluding tert-OH is 2. The summed E-state index contributed by atoms with van der Waals surface area (Å²) in [6.07, 6.45) is -0.854. The minimum atomic E-state index is -1.34. The summed E-state index contributed by atoms with van der Waals surface area (Å²) in [5.41, 5.74) is 0. The molecule has 22 heavy (non-hydrogen) atoms. The Morgan fingerprint density at radius 1 is 1.32 bits per heavy atom. The van der Waals surface area contributed by atoms with Gasteiger partial charge in [0.2, 0.25) is 17.7 Å². The van der Waals surface area contributed by atoms with Gasteiger partial charge in [-0.3, -0.25) is 14.4 Å². The van der Waals surface area contributed by atoms with E-state index in [1.165, 1.54) is 6.92 Å². The lowest BCUT2D eigenvalue weighted by Crippen LogP contribution is -2.53.